The monoisotopic (exact) mass is 391 g/mol. The van der Waals surface area contributed by atoms with Gasteiger partial charge in [0.1, 0.15) is 4.90 Å². The first-order chi connectivity index (χ1) is 12.3. The second-order valence-electron chi connectivity index (χ2n) is 6.79. The Morgan fingerprint density at radius 2 is 1.73 bits per heavy atom. The van der Waals surface area contributed by atoms with E-state index in [4.69, 9.17) is 11.6 Å². The lowest BCUT2D eigenvalue weighted by atomic mass is 9.87. The summed E-state index contributed by atoms with van der Waals surface area (Å²) < 4.78 is 27.0. The van der Waals surface area contributed by atoms with E-state index in [0.717, 1.165) is 16.7 Å². The second-order valence-corrected chi connectivity index (χ2v) is 9.10. The molecular formula is C20H22ClNO3S. The lowest BCUT2D eigenvalue weighted by molar-refractivity contribution is 0.0874. The van der Waals surface area contributed by atoms with Gasteiger partial charge in [-0.25, -0.2) is 8.42 Å². The third-order valence-corrected chi connectivity index (χ3v) is 7.32. The minimum absolute atomic E-state index is 0.109. The molecule has 0 unspecified atom stereocenters. The first kappa shape index (κ1) is 19.1. The molecule has 0 atom stereocenters. The van der Waals surface area contributed by atoms with E-state index >= 15 is 0 Å². The quantitative estimate of drug-likeness (QED) is 0.732. The number of halogens is 1. The van der Waals surface area contributed by atoms with Crippen LogP contribution in [-0.2, 0) is 10.0 Å². The number of carbonyl (C=O) groups excluding carboxylic acids is 1. The van der Waals surface area contributed by atoms with E-state index in [1.165, 1.54) is 10.4 Å². The topological polar surface area (TPSA) is 54.5 Å². The highest BCUT2D eigenvalue weighted by Crippen LogP contribution is 2.29. The number of nitrogens with zero attached hydrogens (tertiary/aromatic N) is 1. The van der Waals surface area contributed by atoms with Crippen molar-refractivity contribution >= 4 is 27.4 Å². The van der Waals surface area contributed by atoms with Gasteiger partial charge in [0, 0.05) is 24.6 Å². The highest BCUT2D eigenvalue weighted by Gasteiger charge is 2.33. The number of sulfonamides is 1. The van der Waals surface area contributed by atoms with Gasteiger partial charge in [-0.3, -0.25) is 4.79 Å². The van der Waals surface area contributed by atoms with Gasteiger partial charge in [0.05, 0.1) is 5.02 Å². The van der Waals surface area contributed by atoms with Crippen LogP contribution in [0.2, 0.25) is 5.02 Å². The fraction of sp³-hybridized carbons (Fsp3) is 0.350. The Kier molecular flexibility index (Phi) is 5.51. The van der Waals surface area contributed by atoms with Crippen molar-refractivity contribution in [2.75, 3.05) is 13.1 Å². The van der Waals surface area contributed by atoms with E-state index < -0.39 is 10.0 Å². The van der Waals surface area contributed by atoms with Gasteiger partial charge in [-0.05, 0) is 44.4 Å². The Morgan fingerprint density at radius 3 is 2.35 bits per heavy atom. The van der Waals surface area contributed by atoms with Gasteiger partial charge in [0.2, 0.25) is 10.0 Å². The van der Waals surface area contributed by atoms with Gasteiger partial charge in [-0.2, -0.15) is 4.31 Å². The molecule has 0 saturated carbocycles. The van der Waals surface area contributed by atoms with Crippen LogP contribution in [-0.4, -0.2) is 31.6 Å². The van der Waals surface area contributed by atoms with E-state index in [1.807, 2.05) is 32.0 Å². The molecule has 2 aromatic carbocycles. The van der Waals surface area contributed by atoms with Crippen LogP contribution in [0.5, 0.6) is 0 Å². The number of ketones is 1. The van der Waals surface area contributed by atoms with Crippen molar-refractivity contribution in [1.82, 2.24) is 4.31 Å². The Hall–Kier alpha value is -1.69. The molecule has 0 bridgehead atoms. The molecule has 1 fully saturated rings. The molecule has 0 aromatic heterocycles. The maximum atomic E-state index is 12.8. The molecule has 3 rings (SSSR count). The van der Waals surface area contributed by atoms with Gasteiger partial charge in [-0.1, -0.05) is 47.5 Å². The SMILES string of the molecule is Cc1ccc(C(=O)C2CCN(S(=O)(=O)c3ccccc3Cl)CC2)c(C)c1. The van der Waals surface area contributed by atoms with Gasteiger partial charge in [0.15, 0.2) is 5.78 Å². The summed E-state index contributed by atoms with van der Waals surface area (Å²) >= 11 is 6.06. The molecule has 138 valence electrons. The van der Waals surface area contributed by atoms with Crippen LogP contribution >= 0.6 is 11.6 Å². The average Bonchev–Trinajstić information content (AvgIpc) is 2.61. The van der Waals surface area contributed by atoms with Crippen LogP contribution < -0.4 is 0 Å². The number of hydrogen-bond donors (Lipinski definition) is 0. The zero-order valence-electron chi connectivity index (χ0n) is 14.9. The largest absolute Gasteiger partial charge is 0.294 e. The van der Waals surface area contributed by atoms with Gasteiger partial charge in [-0.15, -0.1) is 0 Å². The number of aryl methyl sites for hydroxylation is 2. The van der Waals surface area contributed by atoms with Crippen molar-refractivity contribution < 1.29 is 13.2 Å². The Labute approximate surface area is 159 Å². The highest BCUT2D eigenvalue weighted by molar-refractivity contribution is 7.89. The van der Waals surface area contributed by atoms with Crippen molar-refractivity contribution in [2.45, 2.75) is 31.6 Å². The Bertz CT molecular complexity index is 932. The van der Waals surface area contributed by atoms with E-state index in [-0.39, 0.29) is 21.6 Å². The second kappa shape index (κ2) is 7.51. The number of benzene rings is 2. The molecular weight excluding hydrogens is 370 g/mol. The molecule has 1 heterocycles. The van der Waals surface area contributed by atoms with Gasteiger partial charge < -0.3 is 0 Å². The number of hydrogen-bond acceptors (Lipinski definition) is 3. The molecule has 2 aromatic rings. The summed E-state index contributed by atoms with van der Waals surface area (Å²) in [5, 5.41) is 0.223. The van der Waals surface area contributed by atoms with E-state index in [0.29, 0.717) is 25.9 Å². The first-order valence-electron chi connectivity index (χ1n) is 8.67. The molecule has 6 heteroatoms. The minimum atomic E-state index is -3.63. The first-order valence-corrected chi connectivity index (χ1v) is 10.5. The molecule has 0 spiro atoms. The van der Waals surface area contributed by atoms with Crippen LogP contribution in [0.4, 0.5) is 0 Å². The molecule has 0 N–H and O–H groups in total. The third kappa shape index (κ3) is 3.70. The Morgan fingerprint density at radius 1 is 1.08 bits per heavy atom. The predicted octanol–water partition coefficient (Wildman–Crippen LogP) is 4.24. The van der Waals surface area contributed by atoms with Crippen LogP contribution in [0.1, 0.15) is 34.3 Å². The summed E-state index contributed by atoms with van der Waals surface area (Å²) in [6.07, 6.45) is 1.05. The highest BCUT2D eigenvalue weighted by atomic mass is 35.5. The molecule has 1 aliphatic rings. The smallest absolute Gasteiger partial charge is 0.244 e. The maximum Gasteiger partial charge on any atom is 0.244 e. The predicted molar refractivity (Wildman–Crippen MR) is 103 cm³/mol. The zero-order valence-corrected chi connectivity index (χ0v) is 16.5. The molecule has 26 heavy (non-hydrogen) atoms. The molecule has 0 aliphatic carbocycles. The standard InChI is InChI=1S/C20H22ClNO3S/c1-14-7-8-17(15(2)13-14)20(23)16-9-11-22(12-10-16)26(24,25)19-6-4-3-5-18(19)21/h3-8,13,16H,9-12H2,1-2H3. The summed E-state index contributed by atoms with van der Waals surface area (Å²) in [4.78, 5) is 12.9. The van der Waals surface area contributed by atoms with Crippen molar-refractivity contribution in [3.63, 3.8) is 0 Å². The normalized spacial score (nSPS) is 16.6. The van der Waals surface area contributed by atoms with Crippen LogP contribution in [0, 0.1) is 19.8 Å². The van der Waals surface area contributed by atoms with Crippen molar-refractivity contribution in [3.8, 4) is 0 Å². The van der Waals surface area contributed by atoms with Crippen LogP contribution in [0.25, 0.3) is 0 Å². The summed E-state index contributed by atoms with van der Waals surface area (Å²) in [5.74, 6) is -0.0357. The van der Waals surface area contributed by atoms with Crippen LogP contribution in [0.3, 0.4) is 0 Å². The maximum absolute atomic E-state index is 12.8. The van der Waals surface area contributed by atoms with E-state index in [9.17, 15) is 13.2 Å². The summed E-state index contributed by atoms with van der Waals surface area (Å²) in [6.45, 7) is 4.60. The van der Waals surface area contributed by atoms with Crippen LogP contribution in [0.15, 0.2) is 47.4 Å². The number of piperidine rings is 1. The minimum Gasteiger partial charge on any atom is -0.294 e. The third-order valence-electron chi connectivity index (χ3n) is 4.93. The van der Waals surface area contributed by atoms with E-state index in [1.54, 1.807) is 18.2 Å². The molecule has 0 amide bonds. The number of Topliss-reactive ketones (excluding diaryl/α,β-unsaturated/α-hetero) is 1. The van der Waals surface area contributed by atoms with Crippen molar-refractivity contribution in [2.24, 2.45) is 5.92 Å². The fourth-order valence-electron chi connectivity index (χ4n) is 3.46. The van der Waals surface area contributed by atoms with Gasteiger partial charge >= 0.3 is 0 Å². The van der Waals surface area contributed by atoms with Crippen molar-refractivity contribution in [3.05, 3.63) is 64.2 Å². The molecule has 0 radical (unpaired) electrons. The summed E-state index contributed by atoms with van der Waals surface area (Å²) in [6, 6.07) is 12.3. The lowest BCUT2D eigenvalue weighted by Gasteiger charge is -2.31. The summed E-state index contributed by atoms with van der Waals surface area (Å²) in [5.41, 5.74) is 2.84. The van der Waals surface area contributed by atoms with E-state index in [2.05, 4.69) is 0 Å². The Balaban J connectivity index is 1.73. The zero-order chi connectivity index (χ0) is 18.9. The molecule has 1 aliphatic heterocycles. The average molecular weight is 392 g/mol. The fourth-order valence-corrected chi connectivity index (χ4v) is 5.42. The van der Waals surface area contributed by atoms with Gasteiger partial charge in [0.25, 0.3) is 0 Å². The number of rotatable bonds is 4. The molecule has 4 nitrogen and oxygen atoms in total. The number of carbonyl (C=O) groups is 1. The lowest BCUT2D eigenvalue weighted by Crippen LogP contribution is -2.40. The van der Waals surface area contributed by atoms with Crippen molar-refractivity contribution in [1.29, 1.82) is 0 Å². The molecule has 1 saturated heterocycles. The summed E-state index contributed by atoms with van der Waals surface area (Å²) in [7, 11) is -3.63.